The first-order valence-electron chi connectivity index (χ1n) is 10.4. The molecule has 8 heteroatoms. The summed E-state index contributed by atoms with van der Waals surface area (Å²) in [5, 5.41) is 2.90. The molecule has 0 aliphatic carbocycles. The number of carbonyl (C=O) groups is 1. The molecule has 1 aromatic carbocycles. The molecule has 3 fully saturated rings. The minimum Gasteiger partial charge on any atom is -0.319 e. The number of nitrogens with zero attached hydrogens (tertiary/aromatic N) is 3. The van der Waals surface area contributed by atoms with Crippen LogP contribution in [0.15, 0.2) is 29.2 Å². The van der Waals surface area contributed by atoms with E-state index < -0.39 is 10.0 Å². The van der Waals surface area contributed by atoms with Crippen LogP contribution >= 0.6 is 0 Å². The normalized spacial score (nSPS) is 26.8. The van der Waals surface area contributed by atoms with E-state index in [0.29, 0.717) is 31.4 Å². The average Bonchev–Trinajstić information content (AvgIpc) is 3.15. The molecule has 3 aliphatic rings. The lowest BCUT2D eigenvalue weighted by Gasteiger charge is -2.42. The lowest BCUT2D eigenvalue weighted by molar-refractivity contribution is 0.0861. The van der Waals surface area contributed by atoms with Crippen molar-refractivity contribution >= 4 is 21.7 Å². The molecule has 0 saturated carbocycles. The van der Waals surface area contributed by atoms with Crippen molar-refractivity contribution in [3.05, 3.63) is 24.3 Å². The van der Waals surface area contributed by atoms with Crippen molar-refractivity contribution in [2.45, 2.75) is 56.0 Å². The number of benzene rings is 1. The van der Waals surface area contributed by atoms with Crippen molar-refractivity contribution in [3.8, 4) is 0 Å². The minimum atomic E-state index is -3.60. The van der Waals surface area contributed by atoms with Crippen molar-refractivity contribution < 1.29 is 13.2 Å². The molecular formula is C20H30N4O3S. The van der Waals surface area contributed by atoms with Crippen LogP contribution in [0.1, 0.15) is 39.0 Å². The Morgan fingerprint density at radius 2 is 1.79 bits per heavy atom. The van der Waals surface area contributed by atoms with E-state index in [1.165, 1.54) is 6.42 Å². The fourth-order valence-electron chi connectivity index (χ4n) is 4.70. The van der Waals surface area contributed by atoms with E-state index >= 15 is 0 Å². The first-order valence-corrected chi connectivity index (χ1v) is 11.8. The number of amides is 2. The second kappa shape index (κ2) is 8.00. The van der Waals surface area contributed by atoms with Gasteiger partial charge in [-0.3, -0.25) is 4.90 Å². The van der Waals surface area contributed by atoms with Crippen LogP contribution < -0.4 is 5.32 Å². The van der Waals surface area contributed by atoms with Gasteiger partial charge < -0.3 is 10.2 Å². The highest BCUT2D eigenvalue weighted by molar-refractivity contribution is 7.89. The lowest BCUT2D eigenvalue weighted by Crippen LogP contribution is -2.57. The quantitative estimate of drug-likeness (QED) is 0.837. The number of rotatable bonds is 3. The van der Waals surface area contributed by atoms with Crippen LogP contribution in [0.3, 0.4) is 0 Å². The number of hydrogen-bond acceptors (Lipinski definition) is 4. The Bertz CT molecular complexity index is 822. The summed E-state index contributed by atoms with van der Waals surface area (Å²) in [7, 11) is -3.60. The molecule has 2 unspecified atom stereocenters. The van der Waals surface area contributed by atoms with Gasteiger partial charge in [-0.1, -0.05) is 18.6 Å². The Hall–Kier alpha value is -1.64. The summed E-state index contributed by atoms with van der Waals surface area (Å²) in [5.74, 6) is 0. The summed E-state index contributed by atoms with van der Waals surface area (Å²) >= 11 is 0. The van der Waals surface area contributed by atoms with Crippen LogP contribution in [0.25, 0.3) is 0 Å². The third-order valence-corrected chi connectivity index (χ3v) is 8.22. The van der Waals surface area contributed by atoms with Crippen LogP contribution in [0, 0.1) is 0 Å². The van der Waals surface area contributed by atoms with Crippen molar-refractivity contribution in [2.75, 3.05) is 38.0 Å². The van der Waals surface area contributed by atoms with Crippen LogP contribution in [-0.4, -0.2) is 73.4 Å². The third-order valence-electron chi connectivity index (χ3n) is 6.26. The minimum absolute atomic E-state index is 0.111. The van der Waals surface area contributed by atoms with E-state index in [4.69, 9.17) is 0 Å². The molecule has 1 N–H and O–H groups in total. The smallest absolute Gasteiger partial charge is 0.319 e. The largest absolute Gasteiger partial charge is 0.322 e. The first-order chi connectivity index (χ1) is 13.5. The summed E-state index contributed by atoms with van der Waals surface area (Å²) in [6, 6.07) is 7.09. The molecule has 7 nitrogen and oxygen atoms in total. The fourth-order valence-corrected chi connectivity index (χ4v) is 6.36. The maximum Gasteiger partial charge on any atom is 0.322 e. The van der Waals surface area contributed by atoms with E-state index in [0.717, 1.165) is 38.8 Å². The van der Waals surface area contributed by atoms with Gasteiger partial charge in [0.2, 0.25) is 10.0 Å². The van der Waals surface area contributed by atoms with Gasteiger partial charge in [-0.15, -0.1) is 0 Å². The maximum absolute atomic E-state index is 13.1. The summed E-state index contributed by atoms with van der Waals surface area (Å²) in [4.78, 5) is 17.5. The summed E-state index contributed by atoms with van der Waals surface area (Å²) in [6.07, 6.45) is 5.14. The Kier molecular flexibility index (Phi) is 5.62. The maximum atomic E-state index is 13.1. The number of hydrogen-bond donors (Lipinski definition) is 1. The predicted molar refractivity (Wildman–Crippen MR) is 109 cm³/mol. The van der Waals surface area contributed by atoms with Gasteiger partial charge in [0.15, 0.2) is 0 Å². The summed E-state index contributed by atoms with van der Waals surface area (Å²) in [6.45, 7) is 5.85. The summed E-state index contributed by atoms with van der Waals surface area (Å²) < 4.78 is 27.8. The Labute approximate surface area is 167 Å². The number of carbonyl (C=O) groups excluding carboxylic acids is 1. The number of piperidine rings is 1. The van der Waals surface area contributed by atoms with Gasteiger partial charge in [-0.25, -0.2) is 13.2 Å². The number of urea groups is 1. The molecule has 4 rings (SSSR count). The molecular weight excluding hydrogens is 376 g/mol. The number of fused-ring (bicyclic) bond motifs is 1. The number of sulfonamides is 1. The van der Waals surface area contributed by atoms with Crippen molar-refractivity contribution in [1.29, 1.82) is 0 Å². The molecule has 1 aromatic rings. The van der Waals surface area contributed by atoms with Crippen molar-refractivity contribution in [3.63, 3.8) is 0 Å². The van der Waals surface area contributed by atoms with E-state index in [-0.39, 0.29) is 17.0 Å². The fraction of sp³-hybridized carbons (Fsp3) is 0.650. The monoisotopic (exact) mass is 406 g/mol. The second-order valence-electron chi connectivity index (χ2n) is 8.18. The molecule has 0 aromatic heterocycles. The zero-order valence-corrected chi connectivity index (χ0v) is 17.3. The Morgan fingerprint density at radius 1 is 1.04 bits per heavy atom. The van der Waals surface area contributed by atoms with Crippen molar-refractivity contribution in [2.24, 2.45) is 0 Å². The Balaban J connectivity index is 1.53. The van der Waals surface area contributed by atoms with Gasteiger partial charge in [0, 0.05) is 38.3 Å². The molecule has 154 valence electrons. The first kappa shape index (κ1) is 19.7. The van der Waals surface area contributed by atoms with Gasteiger partial charge in [0.1, 0.15) is 4.90 Å². The topological polar surface area (TPSA) is 73.0 Å². The molecule has 3 saturated heterocycles. The molecule has 0 radical (unpaired) electrons. The number of piperazine rings is 1. The van der Waals surface area contributed by atoms with Crippen LogP contribution in [0.4, 0.5) is 10.5 Å². The van der Waals surface area contributed by atoms with E-state index in [1.807, 2.05) is 4.90 Å². The molecule has 3 aliphatic heterocycles. The second-order valence-corrected chi connectivity index (χ2v) is 10.1. The highest BCUT2D eigenvalue weighted by atomic mass is 32.2. The van der Waals surface area contributed by atoms with Gasteiger partial charge in [-0.05, 0) is 51.3 Å². The predicted octanol–water partition coefficient (Wildman–Crippen LogP) is 2.56. The number of anilines is 1. The van der Waals surface area contributed by atoms with E-state index in [1.54, 1.807) is 28.6 Å². The van der Waals surface area contributed by atoms with Gasteiger partial charge in [0.05, 0.1) is 5.69 Å². The van der Waals surface area contributed by atoms with Crippen LogP contribution in [0.5, 0.6) is 0 Å². The van der Waals surface area contributed by atoms with Crippen LogP contribution in [-0.2, 0) is 10.0 Å². The SMILES string of the molecule is CC1CN2CCCC2CN1C(=O)Nc1ccccc1S(=O)(=O)N1CCCCC1. The zero-order valence-electron chi connectivity index (χ0n) is 16.5. The molecule has 2 atom stereocenters. The van der Waals surface area contributed by atoms with E-state index in [2.05, 4.69) is 17.1 Å². The number of para-hydroxylation sites is 1. The highest BCUT2D eigenvalue weighted by Gasteiger charge is 2.37. The lowest BCUT2D eigenvalue weighted by atomic mass is 10.1. The third kappa shape index (κ3) is 3.77. The van der Waals surface area contributed by atoms with Crippen LogP contribution in [0.2, 0.25) is 0 Å². The zero-order chi connectivity index (χ0) is 19.7. The Morgan fingerprint density at radius 3 is 2.57 bits per heavy atom. The molecule has 3 heterocycles. The average molecular weight is 407 g/mol. The van der Waals surface area contributed by atoms with Gasteiger partial charge in [0.25, 0.3) is 0 Å². The van der Waals surface area contributed by atoms with Gasteiger partial charge in [-0.2, -0.15) is 4.31 Å². The standard InChI is InChI=1S/C20H30N4O3S/c1-16-14-22-11-7-8-17(22)15-24(16)20(25)21-18-9-3-4-10-19(18)28(26,27)23-12-5-2-6-13-23/h3-4,9-10,16-17H,2,5-8,11-15H2,1H3,(H,21,25). The molecule has 0 spiro atoms. The van der Waals surface area contributed by atoms with E-state index in [9.17, 15) is 13.2 Å². The molecule has 2 amide bonds. The summed E-state index contributed by atoms with van der Waals surface area (Å²) in [5.41, 5.74) is 0.374. The molecule has 0 bridgehead atoms. The number of nitrogens with one attached hydrogen (secondary N) is 1. The van der Waals surface area contributed by atoms with Gasteiger partial charge >= 0.3 is 6.03 Å². The highest BCUT2D eigenvalue weighted by Crippen LogP contribution is 2.29. The van der Waals surface area contributed by atoms with Crippen molar-refractivity contribution in [1.82, 2.24) is 14.1 Å². The molecule has 28 heavy (non-hydrogen) atoms.